The number of benzene rings is 3. The lowest BCUT2D eigenvalue weighted by molar-refractivity contribution is 0.0988. The van der Waals surface area contributed by atoms with Gasteiger partial charge in [-0.2, -0.15) is 5.10 Å². The van der Waals surface area contributed by atoms with Crippen molar-refractivity contribution in [3.05, 3.63) is 108 Å². The van der Waals surface area contributed by atoms with Crippen LogP contribution in [0.3, 0.4) is 0 Å². The van der Waals surface area contributed by atoms with Gasteiger partial charge < -0.3 is 10.2 Å². The highest BCUT2D eigenvalue weighted by molar-refractivity contribution is 6.13. The Bertz CT molecular complexity index is 1620. The third-order valence-corrected chi connectivity index (χ3v) is 6.74. The van der Waals surface area contributed by atoms with Crippen LogP contribution < -0.4 is 10.2 Å². The summed E-state index contributed by atoms with van der Waals surface area (Å²) >= 11 is 0. The highest BCUT2D eigenvalue weighted by Crippen LogP contribution is 2.29. The molecule has 0 aliphatic carbocycles. The number of nitrogens with one attached hydrogen (secondary N) is 1. The Labute approximate surface area is 214 Å². The summed E-state index contributed by atoms with van der Waals surface area (Å²) in [6.07, 6.45) is 2.54. The molecule has 0 saturated carbocycles. The van der Waals surface area contributed by atoms with E-state index >= 15 is 0 Å². The number of hydrogen-bond donors (Lipinski definition) is 1. The van der Waals surface area contributed by atoms with Crippen LogP contribution in [0.5, 0.6) is 0 Å². The zero-order valence-corrected chi connectivity index (χ0v) is 20.4. The molecule has 6 rings (SSSR count). The molecule has 3 aromatic carbocycles. The van der Waals surface area contributed by atoms with Crippen molar-refractivity contribution in [3.8, 4) is 11.3 Å². The van der Waals surface area contributed by atoms with Gasteiger partial charge in [0, 0.05) is 35.6 Å². The summed E-state index contributed by atoms with van der Waals surface area (Å²) in [4.78, 5) is 33.2. The second-order valence-electron chi connectivity index (χ2n) is 8.99. The summed E-state index contributed by atoms with van der Waals surface area (Å²) in [7, 11) is 0. The Morgan fingerprint density at radius 2 is 1.70 bits per heavy atom. The zero-order chi connectivity index (χ0) is 25.4. The summed E-state index contributed by atoms with van der Waals surface area (Å²) < 4.78 is 1.79. The summed E-state index contributed by atoms with van der Waals surface area (Å²) in [6, 6.07) is 26.6. The number of aryl methyl sites for hydroxylation is 1. The molecule has 182 valence electrons. The highest BCUT2D eigenvalue weighted by Gasteiger charge is 2.25. The first-order valence-electron chi connectivity index (χ1n) is 12.4. The molecule has 0 radical (unpaired) electrons. The van der Waals surface area contributed by atoms with Gasteiger partial charge in [-0.1, -0.05) is 48.5 Å². The van der Waals surface area contributed by atoms with E-state index in [1.54, 1.807) is 41.2 Å². The lowest BCUT2D eigenvalue weighted by atomic mass is 10.1. The molecule has 0 bridgehead atoms. The number of nitrogens with zero attached hydrogens (tertiary/aromatic N) is 4. The van der Waals surface area contributed by atoms with Gasteiger partial charge in [-0.25, -0.2) is 9.67 Å². The van der Waals surface area contributed by atoms with E-state index < -0.39 is 0 Å². The summed E-state index contributed by atoms with van der Waals surface area (Å²) in [5, 5.41) is 8.09. The number of fused-ring (bicyclic) bond motifs is 2. The van der Waals surface area contributed by atoms with E-state index in [-0.39, 0.29) is 11.8 Å². The minimum absolute atomic E-state index is 0.0434. The van der Waals surface area contributed by atoms with Crippen molar-refractivity contribution in [2.24, 2.45) is 0 Å². The lowest BCUT2D eigenvalue weighted by Crippen LogP contribution is -2.28. The second-order valence-corrected chi connectivity index (χ2v) is 8.99. The molecule has 7 heteroatoms. The normalized spacial score (nSPS) is 12.5. The van der Waals surface area contributed by atoms with Gasteiger partial charge in [0.05, 0.1) is 22.8 Å². The van der Waals surface area contributed by atoms with Crippen LogP contribution in [0.1, 0.15) is 33.2 Å². The number of amides is 2. The van der Waals surface area contributed by atoms with Gasteiger partial charge in [0.1, 0.15) is 0 Å². The Morgan fingerprint density at radius 1 is 0.946 bits per heavy atom. The molecule has 1 aliphatic rings. The topological polar surface area (TPSA) is 80.1 Å². The number of rotatable bonds is 5. The molecule has 0 fully saturated rings. The Balaban J connectivity index is 1.27. The molecule has 3 heterocycles. The molecule has 7 nitrogen and oxygen atoms in total. The van der Waals surface area contributed by atoms with E-state index in [0.29, 0.717) is 46.6 Å². The van der Waals surface area contributed by atoms with E-state index in [1.165, 1.54) is 5.56 Å². The van der Waals surface area contributed by atoms with Crippen molar-refractivity contribution in [1.29, 1.82) is 0 Å². The number of carbonyl (C=O) groups excluding carboxylic acids is 2. The summed E-state index contributed by atoms with van der Waals surface area (Å²) in [6.45, 7) is 3.31. The van der Waals surface area contributed by atoms with Crippen LogP contribution in [0, 0.1) is 0 Å². The maximum absolute atomic E-state index is 13.4. The fourth-order valence-corrected chi connectivity index (χ4v) is 4.82. The number of hydrogen-bond acceptors (Lipinski definition) is 4. The Kier molecular flexibility index (Phi) is 5.73. The number of para-hydroxylation sites is 1. The number of carbonyl (C=O) groups is 2. The van der Waals surface area contributed by atoms with Gasteiger partial charge in [-0.05, 0) is 55.3 Å². The molecule has 1 aliphatic heterocycles. The van der Waals surface area contributed by atoms with Crippen LogP contribution >= 0.6 is 0 Å². The predicted molar refractivity (Wildman–Crippen MR) is 145 cm³/mol. The standard InChI is InChI=1S/C30H25N5O2/c1-2-35-28-25(19-31-35)24(18-26(33-28)20-8-4-3-5-9-20)29(36)32-23-14-12-22(13-15-23)30(37)34-17-16-21-10-6-7-11-27(21)34/h3-15,18-19H,2,16-17H2,1H3,(H,32,36). The van der Waals surface area contributed by atoms with E-state index in [0.717, 1.165) is 17.7 Å². The molecule has 0 atom stereocenters. The van der Waals surface area contributed by atoms with Crippen molar-refractivity contribution in [2.45, 2.75) is 19.9 Å². The largest absolute Gasteiger partial charge is 0.322 e. The van der Waals surface area contributed by atoms with E-state index in [2.05, 4.69) is 16.5 Å². The van der Waals surface area contributed by atoms with Crippen molar-refractivity contribution < 1.29 is 9.59 Å². The van der Waals surface area contributed by atoms with E-state index in [9.17, 15) is 9.59 Å². The summed E-state index contributed by atoms with van der Waals surface area (Å²) in [5.41, 5.74) is 6.14. The first-order valence-corrected chi connectivity index (χ1v) is 12.4. The Morgan fingerprint density at radius 3 is 2.49 bits per heavy atom. The van der Waals surface area contributed by atoms with Gasteiger partial charge in [-0.15, -0.1) is 0 Å². The number of anilines is 2. The third kappa shape index (κ3) is 4.14. The maximum Gasteiger partial charge on any atom is 0.258 e. The molecular formula is C30H25N5O2. The first kappa shape index (κ1) is 22.7. The minimum Gasteiger partial charge on any atom is -0.322 e. The van der Waals surface area contributed by atoms with Gasteiger partial charge in [0.15, 0.2) is 5.65 Å². The molecule has 2 amide bonds. The number of pyridine rings is 1. The lowest BCUT2D eigenvalue weighted by Gasteiger charge is -2.17. The highest BCUT2D eigenvalue weighted by atomic mass is 16.2. The molecular weight excluding hydrogens is 462 g/mol. The average molecular weight is 488 g/mol. The van der Waals surface area contributed by atoms with Crippen molar-refractivity contribution in [3.63, 3.8) is 0 Å². The quantitative estimate of drug-likeness (QED) is 0.351. The number of aromatic nitrogens is 3. The molecule has 2 aromatic heterocycles. The molecule has 5 aromatic rings. The SMILES string of the molecule is CCn1ncc2c(C(=O)Nc3ccc(C(=O)N4CCc5ccccc54)cc3)cc(-c3ccccc3)nc21. The van der Waals surface area contributed by atoms with Crippen LogP contribution in [-0.4, -0.2) is 33.1 Å². The average Bonchev–Trinajstić information content (AvgIpc) is 3.57. The minimum atomic E-state index is -0.257. The molecule has 37 heavy (non-hydrogen) atoms. The molecule has 0 unspecified atom stereocenters. The van der Waals surface area contributed by atoms with Gasteiger partial charge >= 0.3 is 0 Å². The monoisotopic (exact) mass is 487 g/mol. The van der Waals surface area contributed by atoms with Crippen LogP contribution in [0.15, 0.2) is 91.1 Å². The van der Waals surface area contributed by atoms with Gasteiger partial charge in [-0.3, -0.25) is 9.59 Å². The maximum atomic E-state index is 13.4. The van der Waals surface area contributed by atoms with Crippen LogP contribution in [0.2, 0.25) is 0 Å². The van der Waals surface area contributed by atoms with Crippen LogP contribution in [0.25, 0.3) is 22.3 Å². The molecule has 0 saturated heterocycles. The van der Waals surface area contributed by atoms with Crippen LogP contribution in [-0.2, 0) is 13.0 Å². The smallest absolute Gasteiger partial charge is 0.258 e. The fraction of sp³-hybridized carbons (Fsp3) is 0.133. The molecule has 0 spiro atoms. The first-order chi connectivity index (χ1) is 18.1. The zero-order valence-electron chi connectivity index (χ0n) is 20.4. The van der Waals surface area contributed by atoms with E-state index in [1.807, 2.05) is 60.4 Å². The van der Waals surface area contributed by atoms with Crippen molar-refractivity contribution in [1.82, 2.24) is 14.8 Å². The predicted octanol–water partition coefficient (Wildman–Crippen LogP) is 5.57. The van der Waals surface area contributed by atoms with Gasteiger partial charge in [0.2, 0.25) is 0 Å². The van der Waals surface area contributed by atoms with Gasteiger partial charge in [0.25, 0.3) is 11.8 Å². The van der Waals surface area contributed by atoms with E-state index in [4.69, 9.17) is 4.98 Å². The fourth-order valence-electron chi connectivity index (χ4n) is 4.82. The Hall–Kier alpha value is -4.78. The van der Waals surface area contributed by atoms with Crippen molar-refractivity contribution >= 4 is 34.2 Å². The van der Waals surface area contributed by atoms with Crippen molar-refractivity contribution in [2.75, 3.05) is 16.8 Å². The molecule has 1 N–H and O–H groups in total. The summed E-state index contributed by atoms with van der Waals surface area (Å²) in [5.74, 6) is -0.300. The third-order valence-electron chi connectivity index (χ3n) is 6.74. The second kappa shape index (κ2) is 9.35. The van der Waals surface area contributed by atoms with Crippen LogP contribution in [0.4, 0.5) is 11.4 Å².